The number of rotatable bonds is 10. The average Bonchev–Trinajstić information content (AvgIpc) is 2.85. The van der Waals surface area contributed by atoms with E-state index in [-0.39, 0.29) is 15.9 Å². The summed E-state index contributed by atoms with van der Waals surface area (Å²) < 4.78 is 32.9. The molecule has 7 nitrogen and oxygen atoms in total. The fraction of sp³-hybridized carbons (Fsp3) is 0.440. The summed E-state index contributed by atoms with van der Waals surface area (Å²) in [5.74, 6) is 0.150. The van der Waals surface area contributed by atoms with Crippen LogP contribution in [-0.4, -0.2) is 43.4 Å². The molecule has 34 heavy (non-hydrogen) atoms. The quantitative estimate of drug-likeness (QED) is 0.352. The van der Waals surface area contributed by atoms with Gasteiger partial charge in [-0.25, -0.2) is 8.42 Å². The minimum absolute atomic E-state index is 0.120. The number of benzene rings is 2. The molecule has 0 radical (unpaired) electrons. The molecule has 2 aromatic rings. The molecular weight excluding hydrogens is 470 g/mol. The van der Waals surface area contributed by atoms with E-state index in [4.69, 9.17) is 17.0 Å². The van der Waals surface area contributed by atoms with Crippen molar-refractivity contribution in [3.05, 3.63) is 54.1 Å². The highest BCUT2D eigenvalue weighted by atomic mass is 32.2. The Morgan fingerprint density at radius 1 is 1.00 bits per heavy atom. The molecule has 1 fully saturated rings. The van der Waals surface area contributed by atoms with Crippen LogP contribution in [0.15, 0.2) is 53.4 Å². The lowest BCUT2D eigenvalue weighted by Gasteiger charge is -2.25. The van der Waals surface area contributed by atoms with E-state index in [0.717, 1.165) is 44.9 Å². The first-order valence-corrected chi connectivity index (χ1v) is 13.7. The lowest BCUT2D eigenvalue weighted by molar-refractivity contribution is 0.0973. The second kappa shape index (κ2) is 12.8. The van der Waals surface area contributed by atoms with E-state index in [9.17, 15) is 13.2 Å². The molecule has 1 heterocycles. The number of para-hydroxylation sites is 1. The van der Waals surface area contributed by atoms with E-state index in [1.165, 1.54) is 4.31 Å². The van der Waals surface area contributed by atoms with Gasteiger partial charge in [0.25, 0.3) is 5.91 Å². The molecule has 0 aliphatic carbocycles. The molecule has 1 saturated heterocycles. The van der Waals surface area contributed by atoms with Crippen LogP contribution in [0.3, 0.4) is 0 Å². The Kier molecular flexibility index (Phi) is 9.86. The van der Waals surface area contributed by atoms with Crippen molar-refractivity contribution in [2.45, 2.75) is 56.8 Å². The van der Waals surface area contributed by atoms with Gasteiger partial charge in [-0.15, -0.1) is 0 Å². The zero-order chi connectivity index (χ0) is 24.4. The van der Waals surface area contributed by atoms with Gasteiger partial charge in [-0.3, -0.25) is 10.1 Å². The third-order valence-electron chi connectivity index (χ3n) is 5.68. The van der Waals surface area contributed by atoms with E-state index < -0.39 is 10.0 Å². The number of unbranched alkanes of at least 4 members (excludes halogenated alkanes) is 3. The Morgan fingerprint density at radius 2 is 1.71 bits per heavy atom. The number of sulfonamides is 1. The molecule has 1 aliphatic heterocycles. The molecule has 0 spiro atoms. The summed E-state index contributed by atoms with van der Waals surface area (Å²) in [5, 5.41) is 5.72. The molecule has 1 amide bonds. The monoisotopic (exact) mass is 503 g/mol. The minimum atomic E-state index is -3.49. The second-order valence-electron chi connectivity index (χ2n) is 8.30. The van der Waals surface area contributed by atoms with Gasteiger partial charge >= 0.3 is 0 Å². The van der Waals surface area contributed by atoms with Crippen LogP contribution in [0.1, 0.15) is 62.2 Å². The molecule has 0 unspecified atom stereocenters. The molecule has 9 heteroatoms. The summed E-state index contributed by atoms with van der Waals surface area (Å²) in [6.45, 7) is 3.83. The molecule has 1 aliphatic rings. The number of thiocarbonyl (C=S) groups is 1. The first kappa shape index (κ1) is 26.1. The van der Waals surface area contributed by atoms with Gasteiger partial charge in [-0.2, -0.15) is 4.31 Å². The number of carbonyl (C=O) groups is 1. The van der Waals surface area contributed by atoms with Crippen LogP contribution in [0, 0.1) is 0 Å². The van der Waals surface area contributed by atoms with Gasteiger partial charge in [-0.1, -0.05) is 44.7 Å². The Bertz CT molecular complexity index is 1070. The van der Waals surface area contributed by atoms with Crippen molar-refractivity contribution >= 4 is 38.9 Å². The predicted octanol–water partition coefficient (Wildman–Crippen LogP) is 4.95. The zero-order valence-corrected chi connectivity index (χ0v) is 21.2. The van der Waals surface area contributed by atoms with Crippen LogP contribution in [0.2, 0.25) is 0 Å². The maximum absolute atomic E-state index is 12.8. The Morgan fingerprint density at radius 3 is 2.41 bits per heavy atom. The number of ether oxygens (including phenoxy) is 1. The predicted molar refractivity (Wildman–Crippen MR) is 139 cm³/mol. The highest BCUT2D eigenvalue weighted by molar-refractivity contribution is 7.89. The lowest BCUT2D eigenvalue weighted by atomic mass is 10.2. The van der Waals surface area contributed by atoms with E-state index in [1.54, 1.807) is 42.5 Å². The molecule has 0 aromatic heterocycles. The first-order chi connectivity index (χ1) is 16.4. The Labute approximate surface area is 207 Å². The van der Waals surface area contributed by atoms with E-state index in [0.29, 0.717) is 36.7 Å². The highest BCUT2D eigenvalue weighted by Crippen LogP contribution is 2.22. The van der Waals surface area contributed by atoms with Crippen molar-refractivity contribution in [3.8, 4) is 5.75 Å². The maximum atomic E-state index is 12.8. The van der Waals surface area contributed by atoms with Crippen LogP contribution >= 0.6 is 12.2 Å². The number of amides is 1. The van der Waals surface area contributed by atoms with Crippen molar-refractivity contribution in [1.29, 1.82) is 0 Å². The highest BCUT2D eigenvalue weighted by Gasteiger charge is 2.25. The molecule has 3 rings (SSSR count). The number of anilines is 1. The van der Waals surface area contributed by atoms with Crippen molar-refractivity contribution < 1.29 is 17.9 Å². The SMILES string of the molecule is CCCCCCOc1ccccc1C(=O)NC(=S)Nc1ccc(S(=O)(=O)N2CCCCC2)cc1. The Hall–Kier alpha value is -2.49. The topological polar surface area (TPSA) is 87.7 Å². The number of nitrogens with one attached hydrogen (secondary N) is 2. The van der Waals surface area contributed by atoms with Crippen molar-refractivity contribution in [2.75, 3.05) is 25.0 Å². The fourth-order valence-corrected chi connectivity index (χ4v) is 5.52. The average molecular weight is 504 g/mol. The molecule has 2 aromatic carbocycles. The van der Waals surface area contributed by atoms with Gasteiger partial charge in [0.2, 0.25) is 10.0 Å². The van der Waals surface area contributed by atoms with Gasteiger partial charge in [0.1, 0.15) is 5.75 Å². The maximum Gasteiger partial charge on any atom is 0.261 e. The van der Waals surface area contributed by atoms with Gasteiger partial charge < -0.3 is 10.1 Å². The summed E-state index contributed by atoms with van der Waals surface area (Å²) in [4.78, 5) is 13.0. The summed E-state index contributed by atoms with van der Waals surface area (Å²) in [6, 6.07) is 13.5. The molecule has 0 bridgehead atoms. The third kappa shape index (κ3) is 7.25. The van der Waals surface area contributed by atoms with Crippen molar-refractivity contribution in [2.24, 2.45) is 0 Å². The van der Waals surface area contributed by atoms with Crippen LogP contribution in [0.5, 0.6) is 5.75 Å². The third-order valence-corrected chi connectivity index (χ3v) is 7.80. The standard InChI is InChI=1S/C25H33N3O4S2/c1-2-3-4-10-19-32-23-12-7-6-11-22(23)24(29)27-25(33)26-20-13-15-21(16-14-20)34(30,31)28-17-8-5-9-18-28/h6-7,11-16H,2-5,8-10,17-19H2,1H3,(H2,26,27,29,33). The van der Waals surface area contributed by atoms with Gasteiger partial charge in [0.05, 0.1) is 17.1 Å². The number of piperidine rings is 1. The zero-order valence-electron chi connectivity index (χ0n) is 19.6. The minimum Gasteiger partial charge on any atom is -0.493 e. The number of carbonyl (C=O) groups excluding carboxylic acids is 1. The van der Waals surface area contributed by atoms with E-state index in [2.05, 4.69) is 17.6 Å². The Balaban J connectivity index is 1.56. The van der Waals surface area contributed by atoms with Crippen LogP contribution in [0.4, 0.5) is 5.69 Å². The van der Waals surface area contributed by atoms with Gasteiger partial charge in [0.15, 0.2) is 5.11 Å². The smallest absolute Gasteiger partial charge is 0.261 e. The van der Waals surface area contributed by atoms with Crippen LogP contribution in [-0.2, 0) is 10.0 Å². The fourth-order valence-electron chi connectivity index (χ4n) is 3.79. The molecule has 0 atom stereocenters. The second-order valence-corrected chi connectivity index (χ2v) is 10.6. The van der Waals surface area contributed by atoms with Gasteiger partial charge in [0, 0.05) is 18.8 Å². The number of hydrogen-bond donors (Lipinski definition) is 2. The summed E-state index contributed by atoms with van der Waals surface area (Å²) in [6.07, 6.45) is 7.19. The van der Waals surface area contributed by atoms with E-state index in [1.807, 2.05) is 6.07 Å². The van der Waals surface area contributed by atoms with Crippen molar-refractivity contribution in [3.63, 3.8) is 0 Å². The van der Waals surface area contributed by atoms with Crippen LogP contribution in [0.25, 0.3) is 0 Å². The van der Waals surface area contributed by atoms with Gasteiger partial charge in [-0.05, 0) is 67.9 Å². The molecule has 0 saturated carbocycles. The van der Waals surface area contributed by atoms with Crippen LogP contribution < -0.4 is 15.4 Å². The molecule has 184 valence electrons. The largest absolute Gasteiger partial charge is 0.493 e. The first-order valence-electron chi connectivity index (χ1n) is 11.9. The molecular formula is C25H33N3O4S2. The number of nitrogens with zero attached hydrogens (tertiary/aromatic N) is 1. The molecule has 2 N–H and O–H groups in total. The lowest BCUT2D eigenvalue weighted by Crippen LogP contribution is -2.35. The summed E-state index contributed by atoms with van der Waals surface area (Å²) in [7, 11) is -3.49. The number of hydrogen-bond acceptors (Lipinski definition) is 5. The summed E-state index contributed by atoms with van der Waals surface area (Å²) >= 11 is 5.29. The van der Waals surface area contributed by atoms with E-state index >= 15 is 0 Å². The summed E-state index contributed by atoms with van der Waals surface area (Å²) in [5.41, 5.74) is 0.994. The normalized spacial score (nSPS) is 14.4. The van der Waals surface area contributed by atoms with Crippen molar-refractivity contribution in [1.82, 2.24) is 9.62 Å².